The van der Waals surface area contributed by atoms with Gasteiger partial charge >= 0.3 is 0 Å². The van der Waals surface area contributed by atoms with E-state index in [9.17, 15) is 8.42 Å². The van der Waals surface area contributed by atoms with Crippen LogP contribution in [0.4, 0.5) is 5.69 Å². The number of sulfonamides is 1. The molecule has 1 heterocycles. The van der Waals surface area contributed by atoms with Gasteiger partial charge in [0, 0.05) is 11.4 Å². The summed E-state index contributed by atoms with van der Waals surface area (Å²) in [6, 6.07) is 6.20. The van der Waals surface area contributed by atoms with Crippen molar-refractivity contribution >= 4 is 54.6 Å². The summed E-state index contributed by atoms with van der Waals surface area (Å²) in [5, 5.41) is 0.324. The molecule has 0 spiro atoms. The Balaban J connectivity index is 2.32. The van der Waals surface area contributed by atoms with Crippen LogP contribution in [0.15, 0.2) is 32.9 Å². The molecule has 0 aliphatic heterocycles. The number of benzene rings is 1. The average molecular weight is 412 g/mol. The number of hydrogen-bond acceptors (Lipinski definition) is 5. The van der Waals surface area contributed by atoms with Crippen molar-refractivity contribution in [3.63, 3.8) is 0 Å². The predicted molar refractivity (Wildman–Crippen MR) is 88.7 cm³/mol. The number of methoxy groups -OCH3 is 1. The molecule has 0 saturated carbocycles. The second-order valence-electron chi connectivity index (χ2n) is 4.01. The Morgan fingerprint density at radius 3 is 2.67 bits per heavy atom. The van der Waals surface area contributed by atoms with Crippen molar-refractivity contribution in [3.8, 4) is 5.75 Å². The molecule has 1 aromatic carbocycles. The Morgan fingerprint density at radius 1 is 1.43 bits per heavy atom. The molecule has 2 aromatic rings. The number of thiophene rings is 1. The number of nitrogens with two attached hydrogens (primary N) is 1. The highest BCUT2D eigenvalue weighted by Crippen LogP contribution is 2.33. The zero-order chi connectivity index (χ0) is 15.6. The van der Waals surface area contributed by atoms with Crippen LogP contribution in [0.1, 0.15) is 4.88 Å². The molecule has 3 N–H and O–H groups in total. The molecule has 0 bridgehead atoms. The van der Waals surface area contributed by atoms with Gasteiger partial charge < -0.3 is 10.5 Å². The van der Waals surface area contributed by atoms with Crippen LogP contribution < -0.4 is 15.2 Å². The standard InChI is InChI=1S/C12H12BrClN2O3S2/c1-19-10-3-2-7(4-9(10)14)16-21(17,18)11-5-8(6-15)20-12(11)13/h2-5,16H,6,15H2,1H3. The van der Waals surface area contributed by atoms with E-state index in [1.165, 1.54) is 24.5 Å². The Kier molecular flexibility index (Phi) is 5.15. The summed E-state index contributed by atoms with van der Waals surface area (Å²) in [5.74, 6) is 0.474. The molecule has 0 radical (unpaired) electrons. The zero-order valence-corrected chi connectivity index (χ0v) is 14.9. The summed E-state index contributed by atoms with van der Waals surface area (Å²) < 4.78 is 32.7. The van der Waals surface area contributed by atoms with Gasteiger partial charge in [-0.1, -0.05) is 11.6 Å². The van der Waals surface area contributed by atoms with Gasteiger partial charge in [0.15, 0.2) is 0 Å². The van der Waals surface area contributed by atoms with Gasteiger partial charge in [0.05, 0.1) is 21.6 Å². The fourth-order valence-corrected chi connectivity index (χ4v) is 5.49. The van der Waals surface area contributed by atoms with Gasteiger partial charge in [-0.25, -0.2) is 8.42 Å². The minimum absolute atomic E-state index is 0.153. The number of nitrogens with one attached hydrogen (secondary N) is 1. The van der Waals surface area contributed by atoms with Gasteiger partial charge in [-0.05, 0) is 40.2 Å². The number of halogens is 2. The highest BCUT2D eigenvalue weighted by atomic mass is 79.9. The van der Waals surface area contributed by atoms with Gasteiger partial charge in [-0.2, -0.15) is 0 Å². The maximum absolute atomic E-state index is 12.4. The minimum atomic E-state index is -3.71. The molecule has 0 saturated heterocycles. The summed E-state index contributed by atoms with van der Waals surface area (Å²) in [4.78, 5) is 0.926. The second kappa shape index (κ2) is 6.53. The summed E-state index contributed by atoms with van der Waals surface area (Å²) in [7, 11) is -2.22. The van der Waals surface area contributed by atoms with Crippen molar-refractivity contribution < 1.29 is 13.2 Å². The van der Waals surface area contributed by atoms with E-state index in [2.05, 4.69) is 20.7 Å². The van der Waals surface area contributed by atoms with Gasteiger partial charge in [0.2, 0.25) is 0 Å². The lowest BCUT2D eigenvalue weighted by molar-refractivity contribution is 0.415. The first-order valence-corrected chi connectivity index (χ1v) is 9.19. The third-order valence-electron chi connectivity index (χ3n) is 2.60. The van der Waals surface area contributed by atoms with Crippen molar-refractivity contribution in [2.45, 2.75) is 11.4 Å². The first-order chi connectivity index (χ1) is 9.87. The van der Waals surface area contributed by atoms with Crippen LogP contribution >= 0.6 is 38.9 Å². The van der Waals surface area contributed by atoms with Gasteiger partial charge in [0.25, 0.3) is 10.0 Å². The molecular weight excluding hydrogens is 400 g/mol. The number of hydrogen-bond donors (Lipinski definition) is 2. The molecule has 0 aliphatic rings. The Bertz CT molecular complexity index is 762. The normalized spacial score (nSPS) is 11.4. The van der Waals surface area contributed by atoms with E-state index >= 15 is 0 Å². The Labute approximate surface area is 140 Å². The van der Waals surface area contributed by atoms with Crippen molar-refractivity contribution in [1.29, 1.82) is 0 Å². The van der Waals surface area contributed by atoms with Crippen LogP contribution in [0, 0.1) is 0 Å². The molecule has 0 fully saturated rings. The molecule has 0 atom stereocenters. The molecule has 0 unspecified atom stereocenters. The fourth-order valence-electron chi connectivity index (χ4n) is 1.62. The molecule has 0 amide bonds. The molecule has 21 heavy (non-hydrogen) atoms. The largest absolute Gasteiger partial charge is 0.495 e. The summed E-state index contributed by atoms with van der Waals surface area (Å²) in [6.07, 6.45) is 0. The van der Waals surface area contributed by atoms with E-state index in [0.29, 0.717) is 20.2 Å². The number of ether oxygens (including phenoxy) is 1. The SMILES string of the molecule is COc1ccc(NS(=O)(=O)c2cc(CN)sc2Br)cc1Cl. The zero-order valence-electron chi connectivity index (χ0n) is 10.9. The smallest absolute Gasteiger partial charge is 0.263 e. The van der Waals surface area contributed by atoms with Gasteiger partial charge in [-0.3, -0.25) is 4.72 Å². The number of anilines is 1. The van der Waals surface area contributed by atoms with Crippen LogP contribution in [0.25, 0.3) is 0 Å². The third kappa shape index (κ3) is 3.70. The quantitative estimate of drug-likeness (QED) is 0.790. The molecular formula is C12H12BrClN2O3S2. The minimum Gasteiger partial charge on any atom is -0.495 e. The van der Waals surface area contributed by atoms with Crippen LogP contribution in [-0.4, -0.2) is 15.5 Å². The molecule has 9 heteroatoms. The first kappa shape index (κ1) is 16.6. The lowest BCUT2D eigenvalue weighted by Gasteiger charge is -2.09. The summed E-state index contributed by atoms with van der Waals surface area (Å²) >= 11 is 10.5. The van der Waals surface area contributed by atoms with Crippen LogP contribution in [-0.2, 0) is 16.6 Å². The Morgan fingerprint density at radius 2 is 2.14 bits per heavy atom. The first-order valence-electron chi connectivity index (χ1n) is 5.72. The van der Waals surface area contributed by atoms with Crippen molar-refractivity contribution in [1.82, 2.24) is 0 Å². The Hall–Kier alpha value is -0.800. The van der Waals surface area contributed by atoms with Crippen molar-refractivity contribution in [3.05, 3.63) is 38.0 Å². The maximum atomic E-state index is 12.4. The topological polar surface area (TPSA) is 81.4 Å². The van der Waals surface area contributed by atoms with Crippen molar-refractivity contribution in [2.75, 3.05) is 11.8 Å². The monoisotopic (exact) mass is 410 g/mol. The van der Waals surface area contributed by atoms with Crippen molar-refractivity contribution in [2.24, 2.45) is 5.73 Å². The molecule has 5 nitrogen and oxygen atoms in total. The van der Waals surface area contributed by atoms with E-state index in [1.54, 1.807) is 18.2 Å². The fraction of sp³-hybridized carbons (Fsp3) is 0.167. The second-order valence-corrected chi connectivity index (χ2v) is 8.52. The highest BCUT2D eigenvalue weighted by Gasteiger charge is 2.21. The summed E-state index contributed by atoms with van der Waals surface area (Å²) in [6.45, 7) is 0.285. The average Bonchev–Trinajstić information content (AvgIpc) is 2.81. The maximum Gasteiger partial charge on any atom is 0.263 e. The summed E-state index contributed by atoms with van der Waals surface area (Å²) in [5.41, 5.74) is 5.88. The molecule has 1 aromatic heterocycles. The lowest BCUT2D eigenvalue weighted by atomic mass is 10.3. The van der Waals surface area contributed by atoms with Crippen LogP contribution in [0.2, 0.25) is 5.02 Å². The van der Waals surface area contributed by atoms with E-state index in [1.807, 2.05) is 0 Å². The van der Waals surface area contributed by atoms with Crippen LogP contribution in [0.5, 0.6) is 5.75 Å². The van der Waals surface area contributed by atoms with Gasteiger partial charge in [0.1, 0.15) is 10.6 Å². The predicted octanol–water partition coefficient (Wildman–Crippen LogP) is 3.43. The lowest BCUT2D eigenvalue weighted by Crippen LogP contribution is -2.12. The highest BCUT2D eigenvalue weighted by molar-refractivity contribution is 9.11. The van der Waals surface area contributed by atoms with E-state index in [4.69, 9.17) is 22.1 Å². The molecule has 114 valence electrons. The van der Waals surface area contributed by atoms with Gasteiger partial charge in [-0.15, -0.1) is 11.3 Å². The van der Waals surface area contributed by atoms with Crippen LogP contribution in [0.3, 0.4) is 0 Å². The third-order valence-corrected chi connectivity index (χ3v) is 6.55. The van der Waals surface area contributed by atoms with E-state index in [-0.39, 0.29) is 11.4 Å². The van der Waals surface area contributed by atoms with E-state index < -0.39 is 10.0 Å². The molecule has 0 aliphatic carbocycles. The number of rotatable bonds is 5. The molecule has 2 rings (SSSR count). The van der Waals surface area contributed by atoms with E-state index in [0.717, 1.165) is 4.88 Å².